The van der Waals surface area contributed by atoms with E-state index in [-0.39, 0.29) is 5.82 Å². The van der Waals surface area contributed by atoms with Gasteiger partial charge in [-0.25, -0.2) is 9.37 Å². The van der Waals surface area contributed by atoms with E-state index in [1.165, 1.54) is 10.9 Å². The Hall–Kier alpha value is -0.970. The highest BCUT2D eigenvalue weighted by molar-refractivity contribution is 7.11. The van der Waals surface area contributed by atoms with Crippen molar-refractivity contribution in [1.29, 1.82) is 0 Å². The first kappa shape index (κ1) is 14.4. The van der Waals surface area contributed by atoms with E-state index in [0.717, 1.165) is 18.0 Å². The number of thiazole rings is 1. The third-order valence-electron chi connectivity index (χ3n) is 2.82. The van der Waals surface area contributed by atoms with E-state index >= 15 is 0 Å². The van der Waals surface area contributed by atoms with Crippen LogP contribution in [-0.4, -0.2) is 16.9 Å². The predicted octanol–water partition coefficient (Wildman–Crippen LogP) is 4.13. The molecular weight excluding hydrogens is 283 g/mol. The quantitative estimate of drug-likeness (QED) is 0.825. The van der Waals surface area contributed by atoms with Gasteiger partial charge in [-0.3, -0.25) is 4.90 Å². The highest BCUT2D eigenvalue weighted by atomic mass is 35.5. The fourth-order valence-corrected chi connectivity index (χ4v) is 3.03. The number of aryl methyl sites for hydroxylation is 1. The van der Waals surface area contributed by atoms with Gasteiger partial charge in [-0.2, -0.15) is 0 Å². The zero-order valence-corrected chi connectivity index (χ0v) is 12.6. The lowest BCUT2D eigenvalue weighted by Crippen LogP contribution is -2.17. The first-order valence-electron chi connectivity index (χ1n) is 6.15. The molecule has 0 saturated heterocycles. The van der Waals surface area contributed by atoms with Crippen molar-refractivity contribution in [1.82, 2.24) is 9.88 Å². The van der Waals surface area contributed by atoms with Crippen LogP contribution in [0.5, 0.6) is 0 Å². The molecule has 0 N–H and O–H groups in total. The van der Waals surface area contributed by atoms with Crippen LogP contribution in [0.15, 0.2) is 24.4 Å². The highest BCUT2D eigenvalue weighted by Crippen LogP contribution is 2.22. The molecule has 0 radical (unpaired) electrons. The van der Waals surface area contributed by atoms with Crippen molar-refractivity contribution in [2.24, 2.45) is 0 Å². The van der Waals surface area contributed by atoms with Gasteiger partial charge < -0.3 is 0 Å². The van der Waals surface area contributed by atoms with Gasteiger partial charge in [-0.05, 0) is 25.6 Å². The van der Waals surface area contributed by atoms with E-state index in [9.17, 15) is 4.39 Å². The molecule has 1 aromatic carbocycles. The predicted molar refractivity (Wildman–Crippen MR) is 78.1 cm³/mol. The molecule has 0 spiro atoms. The Bertz CT molecular complexity index is 536. The van der Waals surface area contributed by atoms with Crippen LogP contribution in [-0.2, 0) is 19.5 Å². The Balaban J connectivity index is 2.03. The topological polar surface area (TPSA) is 16.1 Å². The molecule has 0 bridgehead atoms. The van der Waals surface area contributed by atoms with Crippen LogP contribution in [0.4, 0.5) is 4.39 Å². The summed E-state index contributed by atoms with van der Waals surface area (Å²) >= 11 is 7.73. The SMILES string of the molecule is CCc1ncc(CN(C)Cc2c(F)cccc2Cl)s1. The fourth-order valence-electron chi connectivity index (χ4n) is 1.86. The van der Waals surface area contributed by atoms with Gasteiger partial charge in [0.25, 0.3) is 0 Å². The van der Waals surface area contributed by atoms with Gasteiger partial charge in [0.2, 0.25) is 0 Å². The molecule has 1 aromatic heterocycles. The van der Waals surface area contributed by atoms with Gasteiger partial charge >= 0.3 is 0 Å². The van der Waals surface area contributed by atoms with Crippen molar-refractivity contribution in [2.45, 2.75) is 26.4 Å². The zero-order chi connectivity index (χ0) is 13.8. The molecule has 2 rings (SSSR count). The second-order valence-electron chi connectivity index (χ2n) is 4.45. The molecule has 0 aliphatic rings. The van der Waals surface area contributed by atoms with Crippen molar-refractivity contribution in [2.75, 3.05) is 7.05 Å². The number of hydrogen-bond donors (Lipinski definition) is 0. The van der Waals surface area contributed by atoms with E-state index in [4.69, 9.17) is 11.6 Å². The Morgan fingerprint density at radius 2 is 2.16 bits per heavy atom. The summed E-state index contributed by atoms with van der Waals surface area (Å²) in [6.45, 7) is 3.33. The standard InChI is InChI=1S/C14H16ClFN2S/c1-3-14-17-7-10(19-14)8-18(2)9-11-12(15)5-4-6-13(11)16/h4-7H,3,8-9H2,1-2H3. The third-order valence-corrected chi connectivity index (χ3v) is 4.30. The van der Waals surface area contributed by atoms with Crippen molar-refractivity contribution in [3.05, 3.63) is 50.7 Å². The van der Waals surface area contributed by atoms with Gasteiger partial charge in [0, 0.05) is 34.7 Å². The minimum atomic E-state index is -0.252. The van der Waals surface area contributed by atoms with Crippen LogP contribution in [0.25, 0.3) is 0 Å². The Morgan fingerprint density at radius 3 is 2.79 bits per heavy atom. The van der Waals surface area contributed by atoms with E-state index in [0.29, 0.717) is 17.1 Å². The maximum absolute atomic E-state index is 13.7. The molecule has 2 nitrogen and oxygen atoms in total. The first-order chi connectivity index (χ1) is 9.10. The molecule has 1 heterocycles. The molecule has 0 aliphatic heterocycles. The average Bonchev–Trinajstić information content (AvgIpc) is 2.81. The van der Waals surface area contributed by atoms with Crippen molar-refractivity contribution < 1.29 is 4.39 Å². The number of aromatic nitrogens is 1. The Morgan fingerprint density at radius 1 is 1.37 bits per heavy atom. The van der Waals surface area contributed by atoms with Crippen LogP contribution in [0.1, 0.15) is 22.4 Å². The lowest BCUT2D eigenvalue weighted by atomic mass is 10.2. The normalized spacial score (nSPS) is 11.2. The van der Waals surface area contributed by atoms with E-state index < -0.39 is 0 Å². The second kappa shape index (κ2) is 6.46. The van der Waals surface area contributed by atoms with Gasteiger partial charge in [0.15, 0.2) is 0 Å². The minimum Gasteiger partial charge on any atom is -0.297 e. The molecule has 0 amide bonds. The monoisotopic (exact) mass is 298 g/mol. The van der Waals surface area contributed by atoms with Crippen molar-refractivity contribution in [3.63, 3.8) is 0 Å². The van der Waals surface area contributed by atoms with Gasteiger partial charge in [-0.1, -0.05) is 24.6 Å². The summed E-state index contributed by atoms with van der Waals surface area (Å²) in [7, 11) is 1.95. The summed E-state index contributed by atoms with van der Waals surface area (Å²) in [6.07, 6.45) is 2.84. The molecule has 19 heavy (non-hydrogen) atoms. The van der Waals surface area contributed by atoms with Gasteiger partial charge in [0.05, 0.1) is 5.01 Å². The van der Waals surface area contributed by atoms with E-state index in [1.807, 2.05) is 18.1 Å². The summed E-state index contributed by atoms with van der Waals surface area (Å²) in [5, 5.41) is 1.61. The summed E-state index contributed by atoms with van der Waals surface area (Å²) in [4.78, 5) is 7.55. The maximum atomic E-state index is 13.7. The Kier molecular flexibility index (Phi) is 4.91. The number of halogens is 2. The fraction of sp³-hybridized carbons (Fsp3) is 0.357. The number of hydrogen-bond acceptors (Lipinski definition) is 3. The third kappa shape index (κ3) is 3.75. The smallest absolute Gasteiger partial charge is 0.129 e. The van der Waals surface area contributed by atoms with Crippen molar-refractivity contribution >= 4 is 22.9 Å². The molecule has 2 aromatic rings. The number of rotatable bonds is 5. The van der Waals surface area contributed by atoms with Crippen LogP contribution in [0.2, 0.25) is 5.02 Å². The number of benzene rings is 1. The minimum absolute atomic E-state index is 0.252. The van der Waals surface area contributed by atoms with Gasteiger partial charge in [0.1, 0.15) is 5.82 Å². The summed E-state index contributed by atoms with van der Waals surface area (Å²) in [5.41, 5.74) is 0.548. The van der Waals surface area contributed by atoms with Crippen LogP contribution in [0, 0.1) is 5.82 Å². The molecule has 0 atom stereocenters. The molecule has 0 unspecified atom stereocenters. The molecule has 102 valence electrons. The first-order valence-corrected chi connectivity index (χ1v) is 7.34. The van der Waals surface area contributed by atoms with Crippen molar-refractivity contribution in [3.8, 4) is 0 Å². The summed E-state index contributed by atoms with van der Waals surface area (Å²) < 4.78 is 13.7. The molecule has 0 saturated carbocycles. The average molecular weight is 299 g/mol. The number of nitrogens with zero attached hydrogens (tertiary/aromatic N) is 2. The van der Waals surface area contributed by atoms with E-state index in [2.05, 4.69) is 11.9 Å². The summed E-state index contributed by atoms with van der Waals surface area (Å²) in [6, 6.07) is 4.78. The molecular formula is C14H16ClFN2S. The Labute approximate surface area is 121 Å². The molecule has 0 aliphatic carbocycles. The largest absolute Gasteiger partial charge is 0.297 e. The van der Waals surface area contributed by atoms with Crippen LogP contribution >= 0.6 is 22.9 Å². The van der Waals surface area contributed by atoms with E-state index in [1.54, 1.807) is 23.5 Å². The molecule has 5 heteroatoms. The van der Waals surface area contributed by atoms with Crippen LogP contribution in [0.3, 0.4) is 0 Å². The second-order valence-corrected chi connectivity index (χ2v) is 6.05. The van der Waals surface area contributed by atoms with Crippen LogP contribution < -0.4 is 0 Å². The molecule has 0 fully saturated rings. The summed E-state index contributed by atoms with van der Waals surface area (Å²) in [5.74, 6) is -0.252. The maximum Gasteiger partial charge on any atom is 0.129 e. The van der Waals surface area contributed by atoms with Gasteiger partial charge in [-0.15, -0.1) is 11.3 Å². The highest BCUT2D eigenvalue weighted by Gasteiger charge is 2.11. The lowest BCUT2D eigenvalue weighted by Gasteiger charge is -2.16. The zero-order valence-electron chi connectivity index (χ0n) is 11.0. The lowest BCUT2D eigenvalue weighted by molar-refractivity contribution is 0.316.